The number of nitrogens with one attached hydrogen (secondary N) is 1. The molecule has 0 spiro atoms. The largest absolute Gasteiger partial charge is 0.319 e. The van der Waals surface area contributed by atoms with Crippen LogP contribution in [-0.2, 0) is 19.5 Å². The Morgan fingerprint density at radius 1 is 1.21 bits per heavy atom. The van der Waals surface area contributed by atoms with Crippen molar-refractivity contribution in [2.75, 3.05) is 20.6 Å². The third kappa shape index (κ3) is 4.42. The lowest BCUT2D eigenvalue weighted by atomic mass is 10.0. The molecule has 0 amide bonds. The maximum Gasteiger partial charge on any atom is 0.0795 e. The molecule has 19 heavy (non-hydrogen) atoms. The predicted molar refractivity (Wildman–Crippen MR) is 81.4 cm³/mol. The SMILES string of the molecule is CNCCc1ccccc1CN(C)Cc1cscn1. The van der Waals surface area contributed by atoms with Crippen LogP contribution in [0, 0.1) is 0 Å². The number of thiazole rings is 1. The molecule has 1 N–H and O–H groups in total. The second-order valence-electron chi connectivity index (χ2n) is 4.77. The summed E-state index contributed by atoms with van der Waals surface area (Å²) >= 11 is 1.66. The van der Waals surface area contributed by atoms with Crippen LogP contribution in [0.2, 0.25) is 0 Å². The first-order chi connectivity index (χ1) is 9.29. The zero-order valence-electron chi connectivity index (χ0n) is 11.6. The Morgan fingerprint density at radius 2 is 2.00 bits per heavy atom. The molecule has 0 aliphatic rings. The molecule has 0 unspecified atom stereocenters. The molecule has 2 aromatic rings. The van der Waals surface area contributed by atoms with Gasteiger partial charge in [0.1, 0.15) is 0 Å². The number of hydrogen-bond acceptors (Lipinski definition) is 4. The van der Waals surface area contributed by atoms with Crippen LogP contribution in [0.5, 0.6) is 0 Å². The first-order valence-corrected chi connectivity index (χ1v) is 7.51. The lowest BCUT2D eigenvalue weighted by molar-refractivity contribution is 0.314. The summed E-state index contributed by atoms with van der Waals surface area (Å²) in [6.07, 6.45) is 1.08. The minimum absolute atomic E-state index is 0.907. The molecule has 2 rings (SSSR count). The summed E-state index contributed by atoms with van der Waals surface area (Å²) in [4.78, 5) is 6.65. The topological polar surface area (TPSA) is 28.2 Å². The zero-order chi connectivity index (χ0) is 13.5. The summed E-state index contributed by atoms with van der Waals surface area (Å²) in [5.74, 6) is 0. The van der Waals surface area contributed by atoms with Crippen LogP contribution < -0.4 is 5.32 Å². The van der Waals surface area contributed by atoms with Gasteiger partial charge in [0.25, 0.3) is 0 Å². The smallest absolute Gasteiger partial charge is 0.0795 e. The van der Waals surface area contributed by atoms with Gasteiger partial charge in [0.2, 0.25) is 0 Å². The number of likely N-dealkylation sites (N-methyl/N-ethyl adjacent to an activating group) is 1. The summed E-state index contributed by atoms with van der Waals surface area (Å²) in [5, 5.41) is 5.33. The minimum atomic E-state index is 0.907. The van der Waals surface area contributed by atoms with E-state index >= 15 is 0 Å². The van der Waals surface area contributed by atoms with Gasteiger partial charge in [0.15, 0.2) is 0 Å². The van der Waals surface area contributed by atoms with Gasteiger partial charge in [0.05, 0.1) is 11.2 Å². The van der Waals surface area contributed by atoms with Gasteiger partial charge < -0.3 is 5.32 Å². The van der Waals surface area contributed by atoms with E-state index in [2.05, 4.69) is 51.9 Å². The maximum absolute atomic E-state index is 4.34. The van der Waals surface area contributed by atoms with E-state index in [1.165, 1.54) is 11.1 Å². The molecular weight excluding hydrogens is 254 g/mol. The van der Waals surface area contributed by atoms with Crippen molar-refractivity contribution in [2.45, 2.75) is 19.5 Å². The molecule has 1 heterocycles. The zero-order valence-corrected chi connectivity index (χ0v) is 12.4. The Morgan fingerprint density at radius 3 is 2.68 bits per heavy atom. The van der Waals surface area contributed by atoms with Crippen molar-refractivity contribution >= 4 is 11.3 Å². The molecule has 0 saturated heterocycles. The second kappa shape index (κ2) is 7.38. The molecule has 4 heteroatoms. The Bertz CT molecular complexity index is 482. The van der Waals surface area contributed by atoms with Crippen LogP contribution in [0.25, 0.3) is 0 Å². The van der Waals surface area contributed by atoms with Gasteiger partial charge in [-0.1, -0.05) is 24.3 Å². The fourth-order valence-electron chi connectivity index (χ4n) is 2.15. The highest BCUT2D eigenvalue weighted by Crippen LogP contribution is 2.13. The van der Waals surface area contributed by atoms with Crippen molar-refractivity contribution < 1.29 is 0 Å². The lowest BCUT2D eigenvalue weighted by Crippen LogP contribution is -2.19. The average Bonchev–Trinajstić information content (AvgIpc) is 2.90. The van der Waals surface area contributed by atoms with Gasteiger partial charge in [0, 0.05) is 18.5 Å². The standard InChI is InChI=1S/C15H21N3S/c1-16-8-7-13-5-3-4-6-14(13)9-18(2)10-15-11-19-12-17-15/h3-6,11-12,16H,7-10H2,1-2H3. The molecule has 0 aliphatic heterocycles. The first-order valence-electron chi connectivity index (χ1n) is 6.56. The molecule has 0 aliphatic carbocycles. The maximum atomic E-state index is 4.34. The quantitative estimate of drug-likeness (QED) is 0.841. The Labute approximate surface area is 119 Å². The van der Waals surface area contributed by atoms with Crippen molar-refractivity contribution in [3.63, 3.8) is 0 Å². The Hall–Kier alpha value is -1.23. The molecule has 0 fully saturated rings. The average molecular weight is 275 g/mol. The highest BCUT2D eigenvalue weighted by atomic mass is 32.1. The van der Waals surface area contributed by atoms with Crippen LogP contribution in [0.4, 0.5) is 0 Å². The molecule has 1 aromatic heterocycles. The normalized spacial score (nSPS) is 11.1. The number of aromatic nitrogens is 1. The van der Waals surface area contributed by atoms with Gasteiger partial charge in [-0.3, -0.25) is 4.90 Å². The van der Waals surface area contributed by atoms with Crippen LogP contribution in [0.3, 0.4) is 0 Å². The summed E-state index contributed by atoms with van der Waals surface area (Å²) < 4.78 is 0. The van der Waals surface area contributed by atoms with Crippen LogP contribution >= 0.6 is 11.3 Å². The molecule has 0 radical (unpaired) electrons. The molecule has 3 nitrogen and oxygen atoms in total. The van der Waals surface area contributed by atoms with Crippen molar-refractivity contribution in [3.05, 3.63) is 52.0 Å². The Kier molecular flexibility index (Phi) is 5.51. The summed E-state index contributed by atoms with van der Waals surface area (Å²) in [6, 6.07) is 8.69. The molecule has 1 aromatic carbocycles. The van der Waals surface area contributed by atoms with Crippen molar-refractivity contribution in [1.82, 2.24) is 15.2 Å². The predicted octanol–water partition coefficient (Wildman–Crippen LogP) is 2.54. The van der Waals surface area contributed by atoms with Crippen LogP contribution in [0.15, 0.2) is 35.2 Å². The number of rotatable bonds is 7. The van der Waals surface area contributed by atoms with Crippen molar-refractivity contribution in [3.8, 4) is 0 Å². The van der Waals surface area contributed by atoms with E-state index in [0.717, 1.165) is 31.7 Å². The van der Waals surface area contributed by atoms with Gasteiger partial charge in [-0.2, -0.15) is 0 Å². The molecule has 0 bridgehead atoms. The van der Waals surface area contributed by atoms with Crippen LogP contribution in [0.1, 0.15) is 16.8 Å². The number of nitrogens with zero attached hydrogens (tertiary/aromatic N) is 2. The summed E-state index contributed by atoms with van der Waals surface area (Å²) in [5.41, 5.74) is 5.89. The summed E-state index contributed by atoms with van der Waals surface area (Å²) in [6.45, 7) is 2.90. The highest BCUT2D eigenvalue weighted by molar-refractivity contribution is 7.07. The van der Waals surface area contributed by atoms with E-state index in [0.29, 0.717) is 0 Å². The van der Waals surface area contributed by atoms with Crippen molar-refractivity contribution in [1.29, 1.82) is 0 Å². The molecular formula is C15H21N3S. The fourth-order valence-corrected chi connectivity index (χ4v) is 2.70. The Balaban J connectivity index is 1.97. The van der Waals surface area contributed by atoms with E-state index in [1.807, 2.05) is 12.6 Å². The van der Waals surface area contributed by atoms with E-state index in [4.69, 9.17) is 0 Å². The summed E-state index contributed by atoms with van der Waals surface area (Å²) in [7, 11) is 4.14. The third-order valence-electron chi connectivity index (χ3n) is 3.12. The lowest BCUT2D eigenvalue weighted by Gasteiger charge is -2.18. The highest BCUT2D eigenvalue weighted by Gasteiger charge is 2.06. The van der Waals surface area contributed by atoms with E-state index < -0.39 is 0 Å². The van der Waals surface area contributed by atoms with Gasteiger partial charge in [-0.05, 0) is 38.2 Å². The molecule has 102 valence electrons. The van der Waals surface area contributed by atoms with Crippen LogP contribution in [-0.4, -0.2) is 30.5 Å². The number of hydrogen-bond donors (Lipinski definition) is 1. The second-order valence-corrected chi connectivity index (χ2v) is 5.49. The molecule has 0 atom stereocenters. The van der Waals surface area contributed by atoms with E-state index in [-0.39, 0.29) is 0 Å². The van der Waals surface area contributed by atoms with Gasteiger partial charge >= 0.3 is 0 Å². The van der Waals surface area contributed by atoms with E-state index in [1.54, 1.807) is 11.3 Å². The first kappa shape index (κ1) is 14.2. The monoisotopic (exact) mass is 275 g/mol. The van der Waals surface area contributed by atoms with Gasteiger partial charge in [-0.15, -0.1) is 11.3 Å². The van der Waals surface area contributed by atoms with Crippen molar-refractivity contribution in [2.24, 2.45) is 0 Å². The third-order valence-corrected chi connectivity index (χ3v) is 3.75. The van der Waals surface area contributed by atoms with E-state index in [9.17, 15) is 0 Å². The molecule has 0 saturated carbocycles. The van der Waals surface area contributed by atoms with Gasteiger partial charge in [-0.25, -0.2) is 4.98 Å². The minimum Gasteiger partial charge on any atom is -0.319 e. The number of benzene rings is 1. The fraction of sp³-hybridized carbons (Fsp3) is 0.400.